The van der Waals surface area contributed by atoms with Crippen LogP contribution in [0.5, 0.6) is 0 Å². The molecule has 0 bridgehead atoms. The highest BCUT2D eigenvalue weighted by atomic mass is 35.5. The van der Waals surface area contributed by atoms with Gasteiger partial charge in [0, 0.05) is 34.5 Å². The van der Waals surface area contributed by atoms with Crippen molar-refractivity contribution in [2.24, 2.45) is 0 Å². The zero-order chi connectivity index (χ0) is 20.1. The Labute approximate surface area is 171 Å². The first kappa shape index (κ1) is 20.4. The molecule has 2 nitrogen and oxygen atoms in total. The Morgan fingerprint density at radius 1 is 0.679 bits per heavy atom. The largest absolute Gasteiger partial charge is 0.416 e. The molecule has 28 heavy (non-hydrogen) atoms. The minimum absolute atomic E-state index is 0.357. The fourth-order valence-corrected chi connectivity index (χ4v) is 3.12. The highest BCUT2D eigenvalue weighted by Gasteiger charge is 2.31. The summed E-state index contributed by atoms with van der Waals surface area (Å²) in [5.41, 5.74) is 1.75. The van der Waals surface area contributed by atoms with E-state index in [1.54, 1.807) is 42.5 Å². The summed E-state index contributed by atoms with van der Waals surface area (Å²) in [5.74, 6) is 0. The van der Waals surface area contributed by atoms with E-state index < -0.39 is 11.7 Å². The van der Waals surface area contributed by atoms with Crippen molar-refractivity contribution < 1.29 is 13.2 Å². The van der Waals surface area contributed by atoms with Gasteiger partial charge in [-0.3, -0.25) is 0 Å². The van der Waals surface area contributed by atoms with Crippen LogP contribution >= 0.6 is 23.2 Å². The zero-order valence-electron chi connectivity index (χ0n) is 14.7. The number of hydrogen-bond donors (Lipinski definition) is 2. The average molecular weight is 425 g/mol. The van der Waals surface area contributed by atoms with Crippen molar-refractivity contribution in [2.45, 2.75) is 19.3 Å². The summed E-state index contributed by atoms with van der Waals surface area (Å²) >= 11 is 11.9. The molecule has 0 heterocycles. The van der Waals surface area contributed by atoms with Gasteiger partial charge in [0.1, 0.15) is 0 Å². The molecule has 3 aromatic carbocycles. The van der Waals surface area contributed by atoms with E-state index in [1.165, 1.54) is 0 Å². The molecule has 0 spiro atoms. The third kappa shape index (κ3) is 5.81. The maximum Gasteiger partial charge on any atom is 0.416 e. The van der Waals surface area contributed by atoms with Crippen molar-refractivity contribution in [3.05, 3.63) is 93.5 Å². The Balaban J connectivity index is 1.78. The molecule has 2 N–H and O–H groups in total. The Hall–Kier alpha value is -2.37. The Kier molecular flexibility index (Phi) is 6.37. The van der Waals surface area contributed by atoms with Gasteiger partial charge in [0.2, 0.25) is 0 Å². The van der Waals surface area contributed by atoms with Crippen LogP contribution in [-0.2, 0) is 19.3 Å². The predicted octanol–water partition coefficient (Wildman–Crippen LogP) is 7.24. The smallest absolute Gasteiger partial charge is 0.381 e. The van der Waals surface area contributed by atoms with E-state index in [0.717, 1.165) is 23.3 Å². The molecular weight excluding hydrogens is 408 g/mol. The van der Waals surface area contributed by atoms with Gasteiger partial charge >= 0.3 is 6.18 Å². The van der Waals surface area contributed by atoms with Crippen molar-refractivity contribution in [3.8, 4) is 0 Å². The van der Waals surface area contributed by atoms with Crippen molar-refractivity contribution >= 4 is 34.6 Å². The van der Waals surface area contributed by atoms with Crippen molar-refractivity contribution in [3.63, 3.8) is 0 Å². The summed E-state index contributed by atoms with van der Waals surface area (Å²) in [5, 5.41) is 7.21. The van der Waals surface area contributed by atoms with E-state index in [4.69, 9.17) is 23.2 Å². The van der Waals surface area contributed by atoms with Crippen molar-refractivity contribution in [1.82, 2.24) is 0 Å². The van der Waals surface area contributed by atoms with E-state index in [0.29, 0.717) is 34.5 Å². The lowest BCUT2D eigenvalue weighted by atomic mass is 10.1. The minimum atomic E-state index is -4.44. The molecule has 0 saturated carbocycles. The molecule has 3 aromatic rings. The third-order valence-electron chi connectivity index (χ3n) is 4.03. The molecule has 0 amide bonds. The quantitative estimate of drug-likeness (QED) is 0.435. The van der Waals surface area contributed by atoms with Crippen LogP contribution in [0.15, 0.2) is 66.7 Å². The molecule has 0 aliphatic carbocycles. The lowest BCUT2D eigenvalue weighted by Crippen LogP contribution is -2.09. The first-order valence-electron chi connectivity index (χ1n) is 8.48. The average Bonchev–Trinajstić information content (AvgIpc) is 2.64. The molecule has 0 radical (unpaired) electrons. The van der Waals surface area contributed by atoms with Gasteiger partial charge in [0.05, 0.1) is 5.56 Å². The van der Waals surface area contributed by atoms with Crippen molar-refractivity contribution in [2.75, 3.05) is 10.6 Å². The van der Waals surface area contributed by atoms with Crippen molar-refractivity contribution in [1.29, 1.82) is 0 Å². The number of rotatable bonds is 6. The summed E-state index contributed by atoms with van der Waals surface area (Å²) in [6, 6.07) is 18.1. The molecule has 0 aromatic heterocycles. The molecule has 3 rings (SSSR count). The third-order valence-corrected chi connectivity index (χ3v) is 4.50. The number of hydrogen-bond acceptors (Lipinski definition) is 2. The number of nitrogens with one attached hydrogen (secondary N) is 2. The molecule has 0 aliphatic heterocycles. The molecule has 0 saturated heterocycles. The molecule has 146 valence electrons. The lowest BCUT2D eigenvalue weighted by molar-refractivity contribution is -0.137. The second-order valence-electron chi connectivity index (χ2n) is 6.26. The Morgan fingerprint density at radius 3 is 1.54 bits per heavy atom. The van der Waals surface area contributed by atoms with E-state index in [2.05, 4.69) is 10.6 Å². The van der Waals surface area contributed by atoms with E-state index in [1.807, 2.05) is 12.1 Å². The summed E-state index contributed by atoms with van der Waals surface area (Å²) < 4.78 is 39.9. The monoisotopic (exact) mass is 424 g/mol. The van der Waals surface area contributed by atoms with Gasteiger partial charge in [-0.1, -0.05) is 47.5 Å². The van der Waals surface area contributed by atoms with Crippen LogP contribution in [0.1, 0.15) is 16.7 Å². The molecular formula is C21H17Cl2F3N2. The predicted molar refractivity (Wildman–Crippen MR) is 109 cm³/mol. The zero-order valence-corrected chi connectivity index (χ0v) is 16.2. The normalized spacial score (nSPS) is 11.3. The Bertz CT molecular complexity index is 891. The molecule has 0 fully saturated rings. The van der Waals surface area contributed by atoms with Crippen LogP contribution in [0.2, 0.25) is 10.0 Å². The highest BCUT2D eigenvalue weighted by Crippen LogP contribution is 2.33. The Morgan fingerprint density at radius 2 is 1.14 bits per heavy atom. The summed E-state index contributed by atoms with van der Waals surface area (Å²) in [6.45, 7) is 0.713. The lowest BCUT2D eigenvalue weighted by Gasteiger charge is -2.15. The van der Waals surface area contributed by atoms with Gasteiger partial charge in [-0.05, 0) is 53.6 Å². The molecule has 0 aliphatic rings. The standard InChI is InChI=1S/C21H17Cl2F3N2/c22-17-5-1-3-14(7-17)12-27-19-9-16(21(24,25)26)10-20(11-19)28-13-15-4-2-6-18(23)8-15/h1-11,27-28H,12-13H2. The number of anilines is 2. The SMILES string of the molecule is FC(F)(F)c1cc(NCc2cccc(Cl)c2)cc(NCc2cccc(Cl)c2)c1. The van der Waals surface area contributed by atoms with E-state index >= 15 is 0 Å². The first-order chi connectivity index (χ1) is 13.3. The fraction of sp³-hybridized carbons (Fsp3) is 0.143. The fourth-order valence-electron chi connectivity index (χ4n) is 2.70. The number of halogens is 5. The maximum atomic E-state index is 13.3. The van der Waals surface area contributed by atoms with Gasteiger partial charge in [-0.25, -0.2) is 0 Å². The van der Waals surface area contributed by atoms with Crippen LogP contribution < -0.4 is 10.6 Å². The summed E-state index contributed by atoms with van der Waals surface area (Å²) in [4.78, 5) is 0. The molecule has 0 unspecified atom stereocenters. The van der Waals surface area contributed by atoms with E-state index in [9.17, 15) is 13.2 Å². The minimum Gasteiger partial charge on any atom is -0.381 e. The summed E-state index contributed by atoms with van der Waals surface area (Å²) in [6.07, 6.45) is -4.44. The van der Waals surface area contributed by atoms with Gasteiger partial charge in [-0.2, -0.15) is 13.2 Å². The first-order valence-corrected chi connectivity index (χ1v) is 9.24. The van der Waals surface area contributed by atoms with Gasteiger partial charge < -0.3 is 10.6 Å². The number of alkyl halides is 3. The van der Waals surface area contributed by atoms with Crippen LogP contribution in [0.25, 0.3) is 0 Å². The number of benzene rings is 3. The van der Waals surface area contributed by atoms with Crippen LogP contribution in [0.3, 0.4) is 0 Å². The topological polar surface area (TPSA) is 24.1 Å². The molecule has 7 heteroatoms. The van der Waals surface area contributed by atoms with Gasteiger partial charge in [0.15, 0.2) is 0 Å². The van der Waals surface area contributed by atoms with E-state index in [-0.39, 0.29) is 0 Å². The second kappa shape index (κ2) is 8.76. The molecule has 0 atom stereocenters. The maximum absolute atomic E-state index is 13.3. The van der Waals surface area contributed by atoms with Crippen LogP contribution in [0.4, 0.5) is 24.5 Å². The van der Waals surface area contributed by atoms with Crippen LogP contribution in [-0.4, -0.2) is 0 Å². The summed E-state index contributed by atoms with van der Waals surface area (Å²) in [7, 11) is 0. The second-order valence-corrected chi connectivity index (χ2v) is 7.14. The van der Waals surface area contributed by atoms with Gasteiger partial charge in [0.25, 0.3) is 0 Å². The highest BCUT2D eigenvalue weighted by molar-refractivity contribution is 6.30. The van der Waals surface area contributed by atoms with Gasteiger partial charge in [-0.15, -0.1) is 0 Å². The van der Waals surface area contributed by atoms with Crippen LogP contribution in [0, 0.1) is 0 Å².